The number of nitrogens with one attached hydrogen (secondary N) is 1. The fraction of sp³-hybridized carbons (Fsp3) is 0.235. The highest BCUT2D eigenvalue weighted by molar-refractivity contribution is 7.15. The van der Waals surface area contributed by atoms with Crippen LogP contribution in [0.1, 0.15) is 44.3 Å². The number of carbonyl (C=O) groups excluding carboxylic acids is 3. The van der Waals surface area contributed by atoms with Crippen LogP contribution in [0.25, 0.3) is 0 Å². The van der Waals surface area contributed by atoms with Crippen LogP contribution < -0.4 is 5.32 Å². The van der Waals surface area contributed by atoms with Gasteiger partial charge in [-0.2, -0.15) is 0 Å². The third-order valence-electron chi connectivity index (χ3n) is 3.28. The highest BCUT2D eigenvalue weighted by Gasteiger charge is 2.20. The number of benzene rings is 1. The number of esters is 1. The summed E-state index contributed by atoms with van der Waals surface area (Å²) in [6, 6.07) is 12.0. The molecule has 1 N–H and O–H groups in total. The summed E-state index contributed by atoms with van der Waals surface area (Å²) in [6.07, 6.45) is 0.0389. The lowest BCUT2D eigenvalue weighted by atomic mass is 10.0. The number of ketones is 1. The van der Waals surface area contributed by atoms with Crippen LogP contribution in [-0.4, -0.2) is 24.8 Å². The summed E-state index contributed by atoms with van der Waals surface area (Å²) in [4.78, 5) is 36.2. The van der Waals surface area contributed by atoms with Crippen molar-refractivity contribution in [3.8, 4) is 0 Å². The zero-order chi connectivity index (χ0) is 16.8. The fourth-order valence-electron chi connectivity index (χ4n) is 2.07. The highest BCUT2D eigenvalue weighted by Crippen LogP contribution is 2.21. The summed E-state index contributed by atoms with van der Waals surface area (Å²) < 4.78 is 4.69. The first-order valence-electron chi connectivity index (χ1n) is 7.04. The van der Waals surface area contributed by atoms with Crippen LogP contribution in [0, 0.1) is 0 Å². The molecular weight excluding hydrogens is 314 g/mol. The maximum atomic E-state index is 12.4. The summed E-state index contributed by atoms with van der Waals surface area (Å²) in [7, 11) is 1.31. The number of carbonyl (C=O) groups is 3. The van der Waals surface area contributed by atoms with Gasteiger partial charge in [-0.1, -0.05) is 30.3 Å². The zero-order valence-electron chi connectivity index (χ0n) is 12.9. The van der Waals surface area contributed by atoms with Gasteiger partial charge >= 0.3 is 5.97 Å². The Kier molecular flexibility index (Phi) is 5.65. The normalized spacial score (nSPS) is 11.6. The van der Waals surface area contributed by atoms with Crippen molar-refractivity contribution in [2.45, 2.75) is 19.4 Å². The van der Waals surface area contributed by atoms with E-state index in [0.717, 1.165) is 16.9 Å². The van der Waals surface area contributed by atoms with Gasteiger partial charge in [-0.25, -0.2) is 0 Å². The Hall–Kier alpha value is -2.47. The number of ether oxygens (including phenoxy) is 1. The molecule has 0 aliphatic heterocycles. The molecule has 2 aromatic rings. The number of amides is 1. The van der Waals surface area contributed by atoms with E-state index in [0.29, 0.717) is 9.75 Å². The Labute approximate surface area is 138 Å². The summed E-state index contributed by atoms with van der Waals surface area (Å²) >= 11 is 1.13. The maximum Gasteiger partial charge on any atom is 0.307 e. The van der Waals surface area contributed by atoms with Crippen LogP contribution in [0.3, 0.4) is 0 Å². The molecule has 1 atom stereocenters. The predicted molar refractivity (Wildman–Crippen MR) is 87.6 cm³/mol. The average Bonchev–Trinajstić information content (AvgIpc) is 3.05. The Morgan fingerprint density at radius 2 is 1.74 bits per heavy atom. The molecule has 0 saturated heterocycles. The van der Waals surface area contributed by atoms with Crippen molar-refractivity contribution in [3.05, 3.63) is 57.8 Å². The number of hydrogen-bond acceptors (Lipinski definition) is 5. The molecule has 0 spiro atoms. The third kappa shape index (κ3) is 4.50. The largest absolute Gasteiger partial charge is 0.469 e. The van der Waals surface area contributed by atoms with Crippen LogP contribution >= 0.6 is 11.3 Å². The molecule has 0 bridgehead atoms. The molecule has 6 heteroatoms. The molecule has 1 unspecified atom stereocenters. The SMILES string of the molecule is COC(=O)CC(NC(=O)c1ccc(C(C)=O)s1)c1ccccc1. The maximum absolute atomic E-state index is 12.4. The van der Waals surface area contributed by atoms with E-state index < -0.39 is 12.0 Å². The Morgan fingerprint density at radius 1 is 1.09 bits per heavy atom. The Bertz CT molecular complexity index is 708. The number of Topliss-reactive ketones (excluding diaryl/α,β-unsaturated/α-hetero) is 1. The van der Waals surface area contributed by atoms with E-state index in [1.165, 1.54) is 14.0 Å². The second-order valence-corrected chi connectivity index (χ2v) is 6.02. The Balaban J connectivity index is 2.17. The van der Waals surface area contributed by atoms with Gasteiger partial charge in [0.15, 0.2) is 5.78 Å². The molecular formula is C17H17NO4S. The molecule has 1 aromatic carbocycles. The molecule has 0 radical (unpaired) electrons. The van der Waals surface area contributed by atoms with Crippen LogP contribution in [0.5, 0.6) is 0 Å². The highest BCUT2D eigenvalue weighted by atomic mass is 32.1. The summed E-state index contributed by atoms with van der Waals surface area (Å²) in [5, 5.41) is 2.83. The second kappa shape index (κ2) is 7.69. The van der Waals surface area contributed by atoms with Gasteiger partial charge in [0.2, 0.25) is 0 Å². The molecule has 5 nitrogen and oxygen atoms in total. The lowest BCUT2D eigenvalue weighted by Gasteiger charge is -2.17. The lowest BCUT2D eigenvalue weighted by Crippen LogP contribution is -2.30. The van der Waals surface area contributed by atoms with Gasteiger partial charge < -0.3 is 10.1 Å². The average molecular weight is 331 g/mol. The van der Waals surface area contributed by atoms with E-state index in [2.05, 4.69) is 5.32 Å². The van der Waals surface area contributed by atoms with Crippen molar-refractivity contribution in [2.75, 3.05) is 7.11 Å². The van der Waals surface area contributed by atoms with Crippen LogP contribution in [-0.2, 0) is 9.53 Å². The molecule has 2 rings (SSSR count). The minimum Gasteiger partial charge on any atom is -0.469 e. The number of methoxy groups -OCH3 is 1. The van der Waals surface area contributed by atoms with Gasteiger partial charge in [0.25, 0.3) is 5.91 Å². The van der Waals surface area contributed by atoms with Crippen molar-refractivity contribution < 1.29 is 19.1 Å². The van der Waals surface area contributed by atoms with Gasteiger partial charge in [0.05, 0.1) is 29.3 Å². The predicted octanol–water partition coefficient (Wildman–Crippen LogP) is 2.98. The van der Waals surface area contributed by atoms with Crippen LogP contribution in [0.2, 0.25) is 0 Å². The fourth-order valence-corrected chi connectivity index (χ4v) is 2.87. The molecule has 23 heavy (non-hydrogen) atoms. The first-order chi connectivity index (χ1) is 11.0. The smallest absolute Gasteiger partial charge is 0.307 e. The van der Waals surface area contributed by atoms with Crippen LogP contribution in [0.15, 0.2) is 42.5 Å². The van der Waals surface area contributed by atoms with Crippen molar-refractivity contribution in [1.29, 1.82) is 0 Å². The standard InChI is InChI=1S/C17H17NO4S/c1-11(19)14-8-9-15(23-14)17(21)18-13(10-16(20)22-2)12-6-4-3-5-7-12/h3-9,13H,10H2,1-2H3,(H,18,21). The van der Waals surface area contributed by atoms with Gasteiger partial charge in [0, 0.05) is 0 Å². The van der Waals surface area contributed by atoms with Gasteiger partial charge in [0.1, 0.15) is 0 Å². The van der Waals surface area contributed by atoms with Gasteiger partial charge in [-0.05, 0) is 24.6 Å². The van der Waals surface area contributed by atoms with Crippen molar-refractivity contribution in [1.82, 2.24) is 5.32 Å². The molecule has 0 aliphatic rings. The molecule has 0 fully saturated rings. The first kappa shape index (κ1) is 16.9. The van der Waals surface area contributed by atoms with E-state index in [1.807, 2.05) is 30.3 Å². The lowest BCUT2D eigenvalue weighted by molar-refractivity contribution is -0.141. The molecule has 0 aliphatic carbocycles. The van der Waals surface area contributed by atoms with E-state index in [1.54, 1.807) is 12.1 Å². The van der Waals surface area contributed by atoms with Crippen molar-refractivity contribution in [3.63, 3.8) is 0 Å². The van der Waals surface area contributed by atoms with Gasteiger partial charge in [-0.15, -0.1) is 11.3 Å². The number of thiophene rings is 1. The summed E-state index contributed by atoms with van der Waals surface area (Å²) in [5.41, 5.74) is 0.814. The first-order valence-corrected chi connectivity index (χ1v) is 7.86. The number of rotatable bonds is 6. The molecule has 0 saturated carbocycles. The van der Waals surface area contributed by atoms with E-state index >= 15 is 0 Å². The molecule has 1 amide bonds. The minimum absolute atomic E-state index is 0.0389. The Morgan fingerprint density at radius 3 is 2.30 bits per heavy atom. The summed E-state index contributed by atoms with van der Waals surface area (Å²) in [5.74, 6) is -0.807. The molecule has 1 heterocycles. The minimum atomic E-state index is -0.487. The zero-order valence-corrected chi connectivity index (χ0v) is 13.7. The van der Waals surface area contributed by atoms with Crippen molar-refractivity contribution in [2.24, 2.45) is 0 Å². The molecule has 1 aromatic heterocycles. The monoisotopic (exact) mass is 331 g/mol. The second-order valence-electron chi connectivity index (χ2n) is 4.94. The van der Waals surface area contributed by atoms with E-state index in [-0.39, 0.29) is 18.1 Å². The molecule has 120 valence electrons. The van der Waals surface area contributed by atoms with Crippen molar-refractivity contribution >= 4 is 29.0 Å². The number of hydrogen-bond donors (Lipinski definition) is 1. The third-order valence-corrected chi connectivity index (χ3v) is 4.47. The topological polar surface area (TPSA) is 72.5 Å². The summed E-state index contributed by atoms with van der Waals surface area (Å²) in [6.45, 7) is 1.46. The van der Waals surface area contributed by atoms with Gasteiger partial charge in [-0.3, -0.25) is 14.4 Å². The van der Waals surface area contributed by atoms with E-state index in [9.17, 15) is 14.4 Å². The van der Waals surface area contributed by atoms with Crippen LogP contribution in [0.4, 0.5) is 0 Å². The van der Waals surface area contributed by atoms with E-state index in [4.69, 9.17) is 4.74 Å². The quantitative estimate of drug-likeness (QED) is 0.652.